The molecular formula is C19H26N4O5S. The smallest absolute Gasteiger partial charge is 0.390 e. The van der Waals surface area contributed by atoms with Crippen molar-refractivity contribution in [1.29, 1.82) is 0 Å². The van der Waals surface area contributed by atoms with Crippen molar-refractivity contribution in [2.24, 2.45) is 5.92 Å². The molecule has 2 N–H and O–H groups in total. The van der Waals surface area contributed by atoms with Gasteiger partial charge in [-0.2, -0.15) is 8.42 Å². The number of piperidine rings is 1. The SMILES string of the molecule is Cc1ccc(S(=O)(=O)O)c(C(C)C2CCNC(CCn3ccnc3[N+](=O)[O-])C2)c1. The van der Waals surface area contributed by atoms with Gasteiger partial charge < -0.3 is 15.4 Å². The summed E-state index contributed by atoms with van der Waals surface area (Å²) in [6.07, 6.45) is 5.45. The molecule has 158 valence electrons. The van der Waals surface area contributed by atoms with Crippen molar-refractivity contribution in [3.05, 3.63) is 51.8 Å². The first-order valence-corrected chi connectivity index (χ1v) is 11.1. The Morgan fingerprint density at radius 1 is 1.45 bits per heavy atom. The standard InChI is InChI=1S/C19H26N4O5S/c1-13-3-4-18(29(26,27)28)17(11-13)14(2)15-5-7-20-16(12-15)6-9-22-10-8-21-19(22)23(24)25/h3-4,8,10-11,14-16,20H,5-7,9,12H2,1-2H3,(H,26,27,28). The van der Waals surface area contributed by atoms with Crippen LogP contribution >= 0.6 is 0 Å². The van der Waals surface area contributed by atoms with Crippen LogP contribution in [-0.4, -0.2) is 40.0 Å². The average Bonchev–Trinajstić information content (AvgIpc) is 3.14. The lowest BCUT2D eigenvalue weighted by atomic mass is 9.78. The lowest BCUT2D eigenvalue weighted by Gasteiger charge is -2.34. The molecular weight excluding hydrogens is 396 g/mol. The first-order valence-electron chi connectivity index (χ1n) is 9.63. The molecule has 1 aliphatic heterocycles. The van der Waals surface area contributed by atoms with Crippen LogP contribution in [0, 0.1) is 23.0 Å². The van der Waals surface area contributed by atoms with Crippen molar-refractivity contribution in [3.63, 3.8) is 0 Å². The molecule has 0 radical (unpaired) electrons. The average molecular weight is 423 g/mol. The topological polar surface area (TPSA) is 127 Å². The van der Waals surface area contributed by atoms with Gasteiger partial charge in [-0.05, 0) is 61.1 Å². The van der Waals surface area contributed by atoms with Crippen LogP contribution in [0.15, 0.2) is 35.5 Å². The van der Waals surface area contributed by atoms with Gasteiger partial charge in [-0.25, -0.2) is 4.57 Å². The molecule has 1 aromatic carbocycles. The van der Waals surface area contributed by atoms with Crippen molar-refractivity contribution in [2.75, 3.05) is 6.54 Å². The quantitative estimate of drug-likeness (QED) is 0.399. The van der Waals surface area contributed by atoms with Gasteiger partial charge in [0.2, 0.25) is 0 Å². The van der Waals surface area contributed by atoms with Crippen molar-refractivity contribution in [3.8, 4) is 0 Å². The Bertz CT molecular complexity index is 988. The van der Waals surface area contributed by atoms with E-state index in [2.05, 4.69) is 10.3 Å². The maximum atomic E-state index is 11.8. The summed E-state index contributed by atoms with van der Waals surface area (Å²) >= 11 is 0. The summed E-state index contributed by atoms with van der Waals surface area (Å²) in [5.74, 6) is 0.0311. The van der Waals surface area contributed by atoms with Gasteiger partial charge in [0.15, 0.2) is 0 Å². The number of benzene rings is 1. The molecule has 2 heterocycles. The second kappa shape index (κ2) is 8.60. The zero-order valence-corrected chi connectivity index (χ0v) is 17.3. The molecule has 3 unspecified atom stereocenters. The first-order chi connectivity index (χ1) is 13.7. The van der Waals surface area contributed by atoms with E-state index in [1.165, 1.54) is 16.8 Å². The lowest BCUT2D eigenvalue weighted by molar-refractivity contribution is -0.396. The number of rotatable bonds is 7. The highest BCUT2D eigenvalue weighted by Crippen LogP contribution is 2.36. The molecule has 0 saturated carbocycles. The second-order valence-corrected chi connectivity index (χ2v) is 9.10. The zero-order chi connectivity index (χ0) is 21.2. The van der Waals surface area contributed by atoms with E-state index in [0.29, 0.717) is 18.5 Å². The monoisotopic (exact) mass is 422 g/mol. The Morgan fingerprint density at radius 3 is 2.90 bits per heavy atom. The van der Waals surface area contributed by atoms with Gasteiger partial charge in [0.1, 0.15) is 12.4 Å². The van der Waals surface area contributed by atoms with Gasteiger partial charge in [-0.15, -0.1) is 0 Å². The molecule has 1 aliphatic rings. The van der Waals surface area contributed by atoms with Gasteiger partial charge in [0.25, 0.3) is 10.1 Å². The molecule has 0 spiro atoms. The van der Waals surface area contributed by atoms with Crippen molar-refractivity contribution < 1.29 is 17.9 Å². The third-order valence-corrected chi connectivity index (χ3v) is 6.68. The predicted octanol–water partition coefficient (Wildman–Crippen LogP) is 2.91. The van der Waals surface area contributed by atoms with Crippen LogP contribution in [-0.2, 0) is 16.7 Å². The van der Waals surface area contributed by atoms with Gasteiger partial charge in [-0.3, -0.25) is 4.55 Å². The number of aryl methyl sites for hydroxylation is 2. The van der Waals surface area contributed by atoms with Crippen LogP contribution in [0.1, 0.15) is 43.2 Å². The summed E-state index contributed by atoms with van der Waals surface area (Å²) in [4.78, 5) is 14.3. The molecule has 0 aliphatic carbocycles. The Hall–Kier alpha value is -2.30. The molecule has 0 bridgehead atoms. The highest BCUT2D eigenvalue weighted by atomic mass is 32.2. The van der Waals surface area contributed by atoms with E-state index in [1.807, 2.05) is 19.9 Å². The number of aromatic nitrogens is 2. The van der Waals surface area contributed by atoms with Crippen molar-refractivity contribution in [2.45, 2.75) is 56.5 Å². The van der Waals surface area contributed by atoms with Gasteiger partial charge in [0, 0.05) is 6.04 Å². The van der Waals surface area contributed by atoms with E-state index in [-0.39, 0.29) is 28.7 Å². The van der Waals surface area contributed by atoms with E-state index in [0.717, 1.165) is 24.9 Å². The Kier molecular flexibility index (Phi) is 6.35. The minimum Gasteiger partial charge on any atom is -0.390 e. The van der Waals surface area contributed by atoms with Crippen LogP contribution < -0.4 is 5.32 Å². The largest absolute Gasteiger partial charge is 0.434 e. The number of hydrogen-bond acceptors (Lipinski definition) is 6. The molecule has 3 rings (SSSR count). The van der Waals surface area contributed by atoms with Gasteiger partial charge in [-0.1, -0.05) is 29.6 Å². The lowest BCUT2D eigenvalue weighted by Crippen LogP contribution is -2.40. The highest BCUT2D eigenvalue weighted by molar-refractivity contribution is 7.85. The van der Waals surface area contributed by atoms with Gasteiger partial charge in [0.05, 0.1) is 11.4 Å². The third-order valence-electron chi connectivity index (χ3n) is 5.75. The fourth-order valence-electron chi connectivity index (χ4n) is 4.17. The van der Waals surface area contributed by atoms with Crippen LogP contribution in [0.25, 0.3) is 0 Å². The molecule has 9 nitrogen and oxygen atoms in total. The van der Waals surface area contributed by atoms with Crippen LogP contribution in [0.3, 0.4) is 0 Å². The molecule has 29 heavy (non-hydrogen) atoms. The van der Waals surface area contributed by atoms with E-state index in [1.54, 1.807) is 12.3 Å². The summed E-state index contributed by atoms with van der Waals surface area (Å²) in [6.45, 7) is 5.17. The number of nitro groups is 1. The molecule has 0 amide bonds. The molecule has 2 aromatic rings. The summed E-state index contributed by atoms with van der Waals surface area (Å²) in [7, 11) is -4.29. The van der Waals surface area contributed by atoms with E-state index < -0.39 is 15.0 Å². The Balaban J connectivity index is 1.72. The van der Waals surface area contributed by atoms with E-state index >= 15 is 0 Å². The number of nitrogens with zero attached hydrogens (tertiary/aromatic N) is 3. The highest BCUT2D eigenvalue weighted by Gasteiger charge is 2.30. The third kappa shape index (κ3) is 5.01. The van der Waals surface area contributed by atoms with Crippen LogP contribution in [0.2, 0.25) is 0 Å². The Labute approximate surface area is 170 Å². The van der Waals surface area contributed by atoms with Crippen LogP contribution in [0.5, 0.6) is 0 Å². The summed E-state index contributed by atoms with van der Waals surface area (Å²) in [5.41, 5.74) is 1.58. The first kappa shape index (κ1) is 21.4. The fraction of sp³-hybridized carbons (Fsp3) is 0.526. The molecule has 10 heteroatoms. The summed E-state index contributed by atoms with van der Waals surface area (Å²) in [6, 6.07) is 5.15. The molecule has 1 aromatic heterocycles. The zero-order valence-electron chi connectivity index (χ0n) is 16.5. The summed E-state index contributed by atoms with van der Waals surface area (Å²) in [5, 5.41) is 14.5. The molecule has 1 saturated heterocycles. The van der Waals surface area contributed by atoms with Crippen molar-refractivity contribution in [1.82, 2.24) is 14.9 Å². The normalized spacial score (nSPS) is 21.1. The van der Waals surface area contributed by atoms with Gasteiger partial charge >= 0.3 is 5.95 Å². The van der Waals surface area contributed by atoms with Crippen LogP contribution in [0.4, 0.5) is 5.95 Å². The Morgan fingerprint density at radius 2 is 2.21 bits per heavy atom. The second-order valence-electron chi connectivity index (χ2n) is 7.71. The number of hydrogen-bond donors (Lipinski definition) is 2. The molecule has 1 fully saturated rings. The minimum atomic E-state index is -4.29. The van der Waals surface area contributed by atoms with E-state index in [4.69, 9.17) is 0 Å². The maximum absolute atomic E-state index is 11.8. The van der Waals surface area contributed by atoms with Crippen molar-refractivity contribution >= 4 is 16.1 Å². The maximum Gasteiger partial charge on any atom is 0.434 e. The summed E-state index contributed by atoms with van der Waals surface area (Å²) < 4.78 is 34.8. The molecule has 3 atom stereocenters. The number of imidazole rings is 1. The number of nitrogens with one attached hydrogen (secondary N) is 1. The predicted molar refractivity (Wildman–Crippen MR) is 107 cm³/mol. The van der Waals surface area contributed by atoms with E-state index in [9.17, 15) is 23.1 Å². The minimum absolute atomic E-state index is 0.0280. The fourth-order valence-corrected chi connectivity index (χ4v) is 4.95.